The van der Waals surface area contributed by atoms with Crippen LogP contribution >= 0.6 is 0 Å². The molecule has 0 spiro atoms. The van der Waals surface area contributed by atoms with E-state index in [-0.39, 0.29) is 11.8 Å². The van der Waals surface area contributed by atoms with Crippen LogP contribution in [0.5, 0.6) is 0 Å². The van der Waals surface area contributed by atoms with Crippen molar-refractivity contribution in [2.75, 3.05) is 13.1 Å². The lowest BCUT2D eigenvalue weighted by atomic mass is 9.94. The number of piperidine rings is 1. The van der Waals surface area contributed by atoms with Crippen molar-refractivity contribution in [3.63, 3.8) is 0 Å². The van der Waals surface area contributed by atoms with E-state index in [1.807, 2.05) is 17.9 Å². The van der Waals surface area contributed by atoms with Gasteiger partial charge in [-0.3, -0.25) is 4.79 Å². The third-order valence-corrected chi connectivity index (χ3v) is 3.72. The lowest BCUT2D eigenvalue weighted by Gasteiger charge is -2.32. The van der Waals surface area contributed by atoms with Crippen LogP contribution in [0.1, 0.15) is 40.8 Å². The predicted molar refractivity (Wildman–Crippen MR) is 76.7 cm³/mol. The van der Waals surface area contributed by atoms with Crippen LogP contribution in [-0.4, -0.2) is 44.1 Å². The third-order valence-electron chi connectivity index (χ3n) is 3.72. The first-order valence-corrected chi connectivity index (χ1v) is 7.10. The van der Waals surface area contributed by atoms with Crippen LogP contribution in [-0.2, 0) is 0 Å². The quantitative estimate of drug-likeness (QED) is 0.837. The van der Waals surface area contributed by atoms with Gasteiger partial charge in [0.15, 0.2) is 5.69 Å². The minimum absolute atomic E-state index is 0.0569. The highest BCUT2D eigenvalue weighted by Gasteiger charge is 2.27. The summed E-state index contributed by atoms with van der Waals surface area (Å²) in [6.07, 6.45) is 5.36. The van der Waals surface area contributed by atoms with Crippen molar-refractivity contribution in [3.8, 4) is 0 Å². The molecule has 2 aromatic rings. The Morgan fingerprint density at radius 2 is 2.24 bits per heavy atom. The number of nitrogens with zero attached hydrogens (tertiary/aromatic N) is 5. The molecule has 0 saturated carbocycles. The standard InChI is InChI=1S/C15H17N5O/c1-11-16-8-6-13(18-11)12-4-3-9-20(10-12)15(21)14-5-2-7-17-19-14/h2,5-8,12H,3-4,9-10H2,1H3/t12-/m0/s1. The fourth-order valence-corrected chi connectivity index (χ4v) is 2.68. The van der Waals surface area contributed by atoms with Gasteiger partial charge in [-0.25, -0.2) is 9.97 Å². The monoisotopic (exact) mass is 283 g/mol. The van der Waals surface area contributed by atoms with Gasteiger partial charge in [0, 0.05) is 37.1 Å². The molecule has 0 bridgehead atoms. The van der Waals surface area contributed by atoms with Crippen molar-refractivity contribution >= 4 is 5.91 Å². The van der Waals surface area contributed by atoms with Crippen LogP contribution in [0.25, 0.3) is 0 Å². The van der Waals surface area contributed by atoms with E-state index >= 15 is 0 Å². The number of likely N-dealkylation sites (tertiary alicyclic amines) is 1. The van der Waals surface area contributed by atoms with Gasteiger partial charge in [0.05, 0.1) is 0 Å². The van der Waals surface area contributed by atoms with Crippen LogP contribution in [0, 0.1) is 6.92 Å². The second-order valence-electron chi connectivity index (χ2n) is 5.23. The summed E-state index contributed by atoms with van der Waals surface area (Å²) in [6, 6.07) is 5.37. The molecule has 1 fully saturated rings. The third kappa shape index (κ3) is 3.04. The molecular formula is C15H17N5O. The van der Waals surface area contributed by atoms with E-state index in [2.05, 4.69) is 20.2 Å². The van der Waals surface area contributed by atoms with E-state index in [1.54, 1.807) is 24.5 Å². The molecule has 21 heavy (non-hydrogen) atoms. The molecule has 108 valence electrons. The summed E-state index contributed by atoms with van der Waals surface area (Å²) in [5, 5.41) is 7.67. The number of hydrogen-bond acceptors (Lipinski definition) is 5. The molecule has 6 heteroatoms. The molecule has 0 unspecified atom stereocenters. The van der Waals surface area contributed by atoms with Crippen molar-refractivity contribution < 1.29 is 4.79 Å². The minimum atomic E-state index is -0.0569. The summed E-state index contributed by atoms with van der Waals surface area (Å²) in [5.41, 5.74) is 1.41. The van der Waals surface area contributed by atoms with Crippen molar-refractivity contribution in [2.24, 2.45) is 0 Å². The second-order valence-corrected chi connectivity index (χ2v) is 5.23. The molecule has 1 aliphatic heterocycles. The van der Waals surface area contributed by atoms with E-state index in [0.717, 1.165) is 30.9 Å². The van der Waals surface area contributed by atoms with Crippen LogP contribution in [0.15, 0.2) is 30.6 Å². The highest BCUT2D eigenvalue weighted by atomic mass is 16.2. The number of aromatic nitrogens is 4. The van der Waals surface area contributed by atoms with Crippen LogP contribution in [0.3, 0.4) is 0 Å². The number of aryl methyl sites for hydroxylation is 1. The average molecular weight is 283 g/mol. The smallest absolute Gasteiger partial charge is 0.274 e. The van der Waals surface area contributed by atoms with Crippen LogP contribution in [0.2, 0.25) is 0 Å². The molecule has 1 aliphatic rings. The molecule has 1 amide bonds. The Kier molecular flexibility index (Phi) is 3.85. The first-order valence-electron chi connectivity index (χ1n) is 7.10. The first kappa shape index (κ1) is 13.6. The summed E-state index contributed by atoms with van der Waals surface area (Å²) in [6.45, 7) is 3.32. The SMILES string of the molecule is Cc1nccc([C@H]2CCCN(C(=O)c3cccnn3)C2)n1. The van der Waals surface area contributed by atoms with Crippen molar-refractivity contribution in [1.29, 1.82) is 0 Å². The molecule has 0 N–H and O–H groups in total. The van der Waals surface area contributed by atoms with Gasteiger partial charge < -0.3 is 4.90 Å². The fourth-order valence-electron chi connectivity index (χ4n) is 2.68. The fraction of sp³-hybridized carbons (Fsp3) is 0.400. The number of rotatable bonds is 2. The lowest BCUT2D eigenvalue weighted by molar-refractivity contribution is 0.0698. The maximum atomic E-state index is 12.4. The largest absolute Gasteiger partial charge is 0.337 e. The highest BCUT2D eigenvalue weighted by molar-refractivity contribution is 5.92. The number of carbonyl (C=O) groups excluding carboxylic acids is 1. The summed E-state index contributed by atoms with van der Waals surface area (Å²) in [7, 11) is 0. The molecule has 0 radical (unpaired) electrons. The molecule has 3 heterocycles. The summed E-state index contributed by atoms with van der Waals surface area (Å²) < 4.78 is 0. The lowest BCUT2D eigenvalue weighted by Crippen LogP contribution is -2.39. The van der Waals surface area contributed by atoms with Gasteiger partial charge >= 0.3 is 0 Å². The Morgan fingerprint density at radius 1 is 1.33 bits per heavy atom. The van der Waals surface area contributed by atoms with E-state index in [0.29, 0.717) is 12.2 Å². The van der Waals surface area contributed by atoms with Crippen LogP contribution < -0.4 is 0 Å². The zero-order chi connectivity index (χ0) is 14.7. The molecule has 1 saturated heterocycles. The molecule has 0 aromatic carbocycles. The Labute approximate surface area is 123 Å². The maximum absolute atomic E-state index is 12.4. The zero-order valence-electron chi connectivity index (χ0n) is 11.9. The average Bonchev–Trinajstić information content (AvgIpc) is 2.55. The summed E-state index contributed by atoms with van der Waals surface area (Å²) in [4.78, 5) is 22.9. The van der Waals surface area contributed by atoms with Crippen LogP contribution in [0.4, 0.5) is 0 Å². The van der Waals surface area contributed by atoms with Gasteiger partial charge in [-0.2, -0.15) is 5.10 Å². The first-order chi connectivity index (χ1) is 10.2. The van der Waals surface area contributed by atoms with E-state index in [4.69, 9.17) is 0 Å². The Bertz CT molecular complexity index is 631. The van der Waals surface area contributed by atoms with Crippen molar-refractivity contribution in [1.82, 2.24) is 25.1 Å². The van der Waals surface area contributed by atoms with Crippen molar-refractivity contribution in [2.45, 2.75) is 25.7 Å². The van der Waals surface area contributed by atoms with Gasteiger partial charge in [0.1, 0.15) is 5.82 Å². The molecular weight excluding hydrogens is 266 g/mol. The molecule has 0 aliphatic carbocycles. The summed E-state index contributed by atoms with van der Waals surface area (Å²) in [5.74, 6) is 0.976. The minimum Gasteiger partial charge on any atom is -0.337 e. The maximum Gasteiger partial charge on any atom is 0.274 e. The molecule has 1 atom stereocenters. The Balaban J connectivity index is 1.75. The van der Waals surface area contributed by atoms with E-state index < -0.39 is 0 Å². The number of hydrogen-bond donors (Lipinski definition) is 0. The Hall–Kier alpha value is -2.37. The number of amides is 1. The normalized spacial score (nSPS) is 18.5. The predicted octanol–water partition coefficient (Wildman–Crippen LogP) is 1.59. The van der Waals surface area contributed by atoms with Gasteiger partial charge in [-0.15, -0.1) is 5.10 Å². The van der Waals surface area contributed by atoms with Gasteiger partial charge in [0.25, 0.3) is 5.91 Å². The second kappa shape index (κ2) is 5.95. The summed E-state index contributed by atoms with van der Waals surface area (Å²) >= 11 is 0. The molecule has 6 nitrogen and oxygen atoms in total. The van der Waals surface area contributed by atoms with Crippen molar-refractivity contribution in [3.05, 3.63) is 47.8 Å². The highest BCUT2D eigenvalue weighted by Crippen LogP contribution is 2.26. The van der Waals surface area contributed by atoms with E-state index in [9.17, 15) is 4.79 Å². The van der Waals surface area contributed by atoms with Gasteiger partial charge in [-0.1, -0.05) is 0 Å². The van der Waals surface area contributed by atoms with Gasteiger partial charge in [-0.05, 0) is 38.0 Å². The zero-order valence-corrected chi connectivity index (χ0v) is 11.9. The Morgan fingerprint density at radius 3 is 3.00 bits per heavy atom. The molecule has 3 rings (SSSR count). The topological polar surface area (TPSA) is 71.9 Å². The number of carbonyl (C=O) groups is 1. The van der Waals surface area contributed by atoms with E-state index in [1.165, 1.54) is 0 Å². The molecule has 2 aromatic heterocycles. The van der Waals surface area contributed by atoms with Gasteiger partial charge in [0.2, 0.25) is 0 Å².